The molecule has 2 fully saturated rings. The van der Waals surface area contributed by atoms with Gasteiger partial charge >= 0.3 is 0 Å². The lowest BCUT2D eigenvalue weighted by molar-refractivity contribution is 0.250. The zero-order valence-electron chi connectivity index (χ0n) is 14.0. The van der Waals surface area contributed by atoms with Crippen LogP contribution in [0.15, 0.2) is 41.5 Å². The number of ether oxygens (including phenoxy) is 1. The fourth-order valence-electron chi connectivity index (χ4n) is 3.67. The van der Waals surface area contributed by atoms with Crippen LogP contribution in [-0.4, -0.2) is 23.2 Å². The second-order valence-corrected chi connectivity index (χ2v) is 6.91. The number of nitrogens with zero attached hydrogens (tertiary/aromatic N) is 2. The maximum absolute atomic E-state index is 12.5. The molecule has 1 N–H and O–H groups in total. The molecule has 4 rings (SSSR count). The van der Waals surface area contributed by atoms with Gasteiger partial charge in [-0.25, -0.2) is 4.98 Å². The highest BCUT2D eigenvalue weighted by molar-refractivity contribution is 5.44. The number of hydrogen-bond donors (Lipinski definition) is 1. The minimum Gasteiger partial charge on any atom is -0.496 e. The summed E-state index contributed by atoms with van der Waals surface area (Å²) in [6, 6.07) is 8.57. The van der Waals surface area contributed by atoms with Gasteiger partial charge in [-0.05, 0) is 31.7 Å². The lowest BCUT2D eigenvalue weighted by atomic mass is 9.64. The van der Waals surface area contributed by atoms with Crippen LogP contribution < -0.4 is 15.6 Å². The summed E-state index contributed by atoms with van der Waals surface area (Å²) in [6.07, 6.45) is 9.11. The summed E-state index contributed by atoms with van der Waals surface area (Å²) in [5.74, 6) is 1.39. The minimum absolute atomic E-state index is 0.00509. The summed E-state index contributed by atoms with van der Waals surface area (Å²) in [5.41, 5.74) is 1.25. The molecule has 1 heterocycles. The molecule has 0 spiro atoms. The Balaban J connectivity index is 1.58. The van der Waals surface area contributed by atoms with Gasteiger partial charge in [0, 0.05) is 36.0 Å². The molecule has 1 aromatic carbocycles. The zero-order chi connectivity index (χ0) is 16.6. The van der Waals surface area contributed by atoms with Crippen molar-refractivity contribution in [1.82, 2.24) is 9.55 Å². The summed E-state index contributed by atoms with van der Waals surface area (Å²) in [6.45, 7) is 0.713. The predicted octanol–water partition coefficient (Wildman–Crippen LogP) is 3.12. The number of benzene rings is 1. The zero-order valence-corrected chi connectivity index (χ0v) is 14.0. The van der Waals surface area contributed by atoms with Crippen LogP contribution in [-0.2, 0) is 5.41 Å². The third kappa shape index (κ3) is 2.58. The molecule has 0 amide bonds. The van der Waals surface area contributed by atoms with Gasteiger partial charge in [0.15, 0.2) is 5.82 Å². The topological polar surface area (TPSA) is 56.1 Å². The van der Waals surface area contributed by atoms with E-state index in [1.54, 1.807) is 19.5 Å². The number of hydrogen-bond acceptors (Lipinski definition) is 4. The van der Waals surface area contributed by atoms with Gasteiger partial charge < -0.3 is 14.6 Å². The molecule has 2 aromatic rings. The number of anilines is 1. The van der Waals surface area contributed by atoms with Crippen molar-refractivity contribution in [2.75, 3.05) is 19.0 Å². The average molecular weight is 325 g/mol. The van der Waals surface area contributed by atoms with E-state index in [1.165, 1.54) is 12.0 Å². The molecule has 2 aliphatic rings. The molecular formula is C19H23N3O2. The maximum Gasteiger partial charge on any atom is 0.293 e. The summed E-state index contributed by atoms with van der Waals surface area (Å²) < 4.78 is 7.36. The Bertz CT molecular complexity index is 791. The van der Waals surface area contributed by atoms with Crippen molar-refractivity contribution in [2.45, 2.75) is 43.6 Å². The van der Waals surface area contributed by atoms with Gasteiger partial charge in [-0.15, -0.1) is 0 Å². The monoisotopic (exact) mass is 325 g/mol. The Kier molecular flexibility index (Phi) is 3.79. The lowest BCUT2D eigenvalue weighted by Gasteiger charge is -2.43. The lowest BCUT2D eigenvalue weighted by Crippen LogP contribution is -2.42. The quantitative estimate of drug-likeness (QED) is 0.886. The Labute approximate surface area is 141 Å². The van der Waals surface area contributed by atoms with E-state index in [0.29, 0.717) is 18.4 Å². The van der Waals surface area contributed by atoms with Gasteiger partial charge in [0.05, 0.1) is 7.11 Å². The third-order valence-electron chi connectivity index (χ3n) is 5.39. The van der Waals surface area contributed by atoms with Crippen molar-refractivity contribution in [3.05, 3.63) is 52.6 Å². The van der Waals surface area contributed by atoms with Gasteiger partial charge in [0.25, 0.3) is 5.56 Å². The van der Waals surface area contributed by atoms with Gasteiger partial charge in [0.1, 0.15) is 5.75 Å². The van der Waals surface area contributed by atoms with Gasteiger partial charge in [-0.2, -0.15) is 0 Å². The van der Waals surface area contributed by atoms with Crippen LogP contribution in [0, 0.1) is 0 Å². The van der Waals surface area contributed by atoms with Crippen molar-refractivity contribution in [3.8, 4) is 5.75 Å². The van der Waals surface area contributed by atoms with Crippen LogP contribution in [0.4, 0.5) is 5.82 Å². The highest BCUT2D eigenvalue weighted by Crippen LogP contribution is 2.47. The standard InChI is InChI=1S/C19H23N3O2/c1-24-16-6-3-2-5-15(16)19(9-4-10-19)13-21-17-18(23)22(12-11-20-17)14-7-8-14/h2-3,5-6,11-12,14H,4,7-10,13H2,1H3,(H,20,21). The third-order valence-corrected chi connectivity index (χ3v) is 5.39. The van der Waals surface area contributed by atoms with Crippen molar-refractivity contribution < 1.29 is 4.74 Å². The van der Waals surface area contributed by atoms with Crippen LogP contribution in [0.1, 0.15) is 43.7 Å². The fourth-order valence-corrected chi connectivity index (χ4v) is 3.67. The van der Waals surface area contributed by atoms with Gasteiger partial charge in [-0.3, -0.25) is 4.79 Å². The Morgan fingerprint density at radius 3 is 2.79 bits per heavy atom. The van der Waals surface area contributed by atoms with Gasteiger partial charge in [-0.1, -0.05) is 24.6 Å². The normalized spacial score (nSPS) is 18.7. The fraction of sp³-hybridized carbons (Fsp3) is 0.474. The van der Waals surface area contributed by atoms with E-state index in [0.717, 1.165) is 31.4 Å². The SMILES string of the molecule is COc1ccccc1C1(CNc2nccn(C3CC3)c2=O)CCC1. The first kappa shape index (κ1) is 15.2. The molecule has 126 valence electrons. The van der Waals surface area contributed by atoms with Crippen LogP contribution in [0.2, 0.25) is 0 Å². The first-order valence-corrected chi connectivity index (χ1v) is 8.68. The molecule has 5 heteroatoms. The molecule has 0 radical (unpaired) electrons. The first-order valence-electron chi connectivity index (χ1n) is 8.68. The molecule has 24 heavy (non-hydrogen) atoms. The Hall–Kier alpha value is -2.30. The van der Waals surface area contributed by atoms with Crippen molar-refractivity contribution >= 4 is 5.82 Å². The van der Waals surface area contributed by atoms with E-state index in [9.17, 15) is 4.79 Å². The van der Waals surface area contributed by atoms with Crippen molar-refractivity contribution in [3.63, 3.8) is 0 Å². The number of aromatic nitrogens is 2. The predicted molar refractivity (Wildman–Crippen MR) is 93.8 cm³/mol. The summed E-state index contributed by atoms with van der Waals surface area (Å²) in [7, 11) is 1.71. The number of rotatable bonds is 6. The van der Waals surface area contributed by atoms with E-state index in [1.807, 2.05) is 16.7 Å². The van der Waals surface area contributed by atoms with E-state index < -0.39 is 0 Å². The van der Waals surface area contributed by atoms with E-state index >= 15 is 0 Å². The second-order valence-electron chi connectivity index (χ2n) is 6.91. The summed E-state index contributed by atoms with van der Waals surface area (Å²) in [5, 5.41) is 3.33. The molecule has 1 aromatic heterocycles. The van der Waals surface area contributed by atoms with E-state index in [4.69, 9.17) is 4.74 Å². The average Bonchev–Trinajstić information content (AvgIpc) is 3.40. The van der Waals surface area contributed by atoms with Crippen LogP contribution in [0.3, 0.4) is 0 Å². The largest absolute Gasteiger partial charge is 0.496 e. The molecule has 0 aliphatic heterocycles. The molecule has 5 nitrogen and oxygen atoms in total. The minimum atomic E-state index is -0.00509. The molecule has 0 unspecified atom stereocenters. The molecule has 2 saturated carbocycles. The maximum atomic E-state index is 12.5. The summed E-state index contributed by atoms with van der Waals surface area (Å²) >= 11 is 0. The van der Waals surface area contributed by atoms with E-state index in [2.05, 4.69) is 22.4 Å². The van der Waals surface area contributed by atoms with Crippen LogP contribution in [0.5, 0.6) is 5.75 Å². The highest BCUT2D eigenvalue weighted by Gasteiger charge is 2.40. The first-order chi connectivity index (χ1) is 11.7. The van der Waals surface area contributed by atoms with Gasteiger partial charge in [0.2, 0.25) is 0 Å². The van der Waals surface area contributed by atoms with Crippen molar-refractivity contribution in [2.24, 2.45) is 0 Å². The Morgan fingerprint density at radius 2 is 2.12 bits per heavy atom. The van der Waals surface area contributed by atoms with Crippen LogP contribution in [0.25, 0.3) is 0 Å². The number of nitrogens with one attached hydrogen (secondary N) is 1. The summed E-state index contributed by atoms with van der Waals surface area (Å²) in [4.78, 5) is 16.8. The number of methoxy groups -OCH3 is 1. The molecule has 0 bridgehead atoms. The molecular weight excluding hydrogens is 302 g/mol. The van der Waals surface area contributed by atoms with Crippen LogP contribution >= 0.6 is 0 Å². The molecule has 0 atom stereocenters. The van der Waals surface area contributed by atoms with E-state index in [-0.39, 0.29) is 11.0 Å². The highest BCUT2D eigenvalue weighted by atomic mass is 16.5. The van der Waals surface area contributed by atoms with Crippen molar-refractivity contribution in [1.29, 1.82) is 0 Å². The smallest absolute Gasteiger partial charge is 0.293 e. The molecule has 0 saturated heterocycles. The number of para-hydroxylation sites is 1. The molecule has 2 aliphatic carbocycles. The Morgan fingerprint density at radius 1 is 1.33 bits per heavy atom. The second kappa shape index (κ2) is 5.96.